The van der Waals surface area contributed by atoms with Crippen LogP contribution in [0, 0.1) is 5.41 Å². The lowest BCUT2D eigenvalue weighted by Crippen LogP contribution is -2.20. The summed E-state index contributed by atoms with van der Waals surface area (Å²) in [7, 11) is 1.16. The van der Waals surface area contributed by atoms with Crippen molar-refractivity contribution in [2.45, 2.75) is 24.4 Å². The van der Waals surface area contributed by atoms with E-state index in [0.717, 1.165) is 7.11 Å². The zero-order valence-corrected chi connectivity index (χ0v) is 8.31. The van der Waals surface area contributed by atoms with E-state index in [1.165, 1.54) is 0 Å². The zero-order chi connectivity index (χ0) is 11.0. The van der Waals surface area contributed by atoms with Crippen molar-refractivity contribution >= 4 is 23.5 Å². The summed E-state index contributed by atoms with van der Waals surface area (Å²) in [5.74, 6) is -1.82. The van der Waals surface area contributed by atoms with Crippen LogP contribution >= 0.6 is 11.6 Å². The smallest absolute Gasteiger partial charge is 0.306 e. The predicted molar refractivity (Wildman–Crippen MR) is 45.6 cm³/mol. The first-order valence-corrected chi connectivity index (χ1v) is 4.37. The highest BCUT2D eigenvalue weighted by atomic mass is 35.5. The number of carboxylic acids is 1. The second-order valence-corrected chi connectivity index (χ2v) is 4.08. The highest BCUT2D eigenvalue weighted by molar-refractivity contribution is 6.26. The molecule has 0 aromatic carbocycles. The fourth-order valence-corrected chi connectivity index (χ4v) is 1.85. The van der Waals surface area contributed by atoms with Crippen LogP contribution in [0.2, 0.25) is 0 Å². The summed E-state index contributed by atoms with van der Waals surface area (Å²) in [5, 5.41) is 6.45. The summed E-state index contributed by atoms with van der Waals surface area (Å²) in [6.07, 6.45) is -0.874. The number of carbonyl (C=O) groups excluding carboxylic acids is 1. The standard InChI is InChI=1S/C8H10ClFO4/c1-14-6(13)3-7(2-5(11)12)4-8(7,9)10/h2-4H2,1H3,(H,11,12). The number of hydrogen-bond acceptors (Lipinski definition) is 3. The van der Waals surface area contributed by atoms with E-state index in [1.807, 2.05) is 0 Å². The first kappa shape index (κ1) is 11.2. The van der Waals surface area contributed by atoms with Gasteiger partial charge in [-0.05, 0) is 0 Å². The number of halogens is 2. The molecule has 2 unspecified atom stereocenters. The van der Waals surface area contributed by atoms with Crippen molar-refractivity contribution < 1.29 is 23.8 Å². The third-order valence-electron chi connectivity index (χ3n) is 2.41. The second-order valence-electron chi connectivity index (χ2n) is 3.48. The van der Waals surface area contributed by atoms with E-state index in [0.29, 0.717) is 0 Å². The van der Waals surface area contributed by atoms with Crippen molar-refractivity contribution in [1.29, 1.82) is 0 Å². The number of alkyl halides is 2. The summed E-state index contributed by atoms with van der Waals surface area (Å²) in [5.41, 5.74) is -1.28. The minimum Gasteiger partial charge on any atom is -0.481 e. The maximum atomic E-state index is 13.3. The normalized spacial score (nSPS) is 35.1. The third kappa shape index (κ3) is 1.97. The molecule has 0 aromatic heterocycles. The molecule has 0 aliphatic heterocycles. The number of esters is 1. The van der Waals surface area contributed by atoms with E-state index in [1.54, 1.807) is 0 Å². The van der Waals surface area contributed by atoms with Gasteiger partial charge in [0.15, 0.2) is 5.13 Å². The number of hydrogen-bond donors (Lipinski definition) is 1. The molecular weight excluding hydrogens is 215 g/mol. The van der Waals surface area contributed by atoms with E-state index in [9.17, 15) is 14.0 Å². The third-order valence-corrected chi connectivity index (χ3v) is 2.95. The van der Waals surface area contributed by atoms with Crippen LogP contribution < -0.4 is 0 Å². The molecule has 14 heavy (non-hydrogen) atoms. The molecule has 1 N–H and O–H groups in total. The highest BCUT2D eigenvalue weighted by Crippen LogP contribution is 2.66. The van der Waals surface area contributed by atoms with Gasteiger partial charge in [0, 0.05) is 11.8 Å². The first-order chi connectivity index (χ1) is 6.33. The molecule has 0 aromatic rings. The average Bonchev–Trinajstić information content (AvgIpc) is 2.50. The van der Waals surface area contributed by atoms with Gasteiger partial charge in [0.25, 0.3) is 0 Å². The number of ether oxygens (including phenoxy) is 1. The predicted octanol–water partition coefficient (Wildman–Crippen LogP) is 1.32. The lowest BCUT2D eigenvalue weighted by atomic mass is 9.98. The molecule has 4 nitrogen and oxygen atoms in total. The largest absolute Gasteiger partial charge is 0.481 e. The zero-order valence-electron chi connectivity index (χ0n) is 7.55. The summed E-state index contributed by atoms with van der Waals surface area (Å²) in [6, 6.07) is 0. The lowest BCUT2D eigenvalue weighted by Gasteiger charge is -2.12. The van der Waals surface area contributed by atoms with Crippen molar-refractivity contribution in [2.24, 2.45) is 5.41 Å². The van der Waals surface area contributed by atoms with Crippen LogP contribution in [0.1, 0.15) is 19.3 Å². The van der Waals surface area contributed by atoms with Gasteiger partial charge in [-0.3, -0.25) is 9.59 Å². The van der Waals surface area contributed by atoms with Gasteiger partial charge in [-0.1, -0.05) is 11.6 Å². The van der Waals surface area contributed by atoms with Crippen molar-refractivity contribution in [3.05, 3.63) is 0 Å². The molecule has 0 radical (unpaired) electrons. The SMILES string of the molecule is COC(=O)CC1(CC(=O)O)CC1(F)Cl. The Morgan fingerprint density at radius 2 is 2.07 bits per heavy atom. The van der Waals surface area contributed by atoms with Gasteiger partial charge >= 0.3 is 11.9 Å². The number of aliphatic carboxylic acids is 1. The first-order valence-electron chi connectivity index (χ1n) is 3.99. The molecule has 2 atom stereocenters. The van der Waals surface area contributed by atoms with E-state index < -0.39 is 28.9 Å². The summed E-state index contributed by atoms with van der Waals surface area (Å²) in [6.45, 7) is 0. The van der Waals surface area contributed by atoms with Gasteiger partial charge in [0.2, 0.25) is 0 Å². The Hall–Kier alpha value is -0.840. The van der Waals surface area contributed by atoms with E-state index >= 15 is 0 Å². The number of carbonyl (C=O) groups is 2. The fourth-order valence-electron chi connectivity index (χ4n) is 1.46. The molecule has 0 spiro atoms. The van der Waals surface area contributed by atoms with Crippen LogP contribution in [0.15, 0.2) is 0 Å². The van der Waals surface area contributed by atoms with Crippen LogP contribution in [0.4, 0.5) is 4.39 Å². The van der Waals surface area contributed by atoms with Gasteiger partial charge in [0.1, 0.15) is 0 Å². The van der Waals surface area contributed by atoms with E-state index in [4.69, 9.17) is 16.7 Å². The minimum absolute atomic E-state index is 0.122. The van der Waals surface area contributed by atoms with Crippen LogP contribution in [-0.4, -0.2) is 29.3 Å². The van der Waals surface area contributed by atoms with Gasteiger partial charge in [-0.15, -0.1) is 0 Å². The Kier molecular flexibility index (Phi) is 2.71. The fraction of sp³-hybridized carbons (Fsp3) is 0.750. The van der Waals surface area contributed by atoms with Crippen molar-refractivity contribution in [1.82, 2.24) is 0 Å². The van der Waals surface area contributed by atoms with Crippen LogP contribution in [0.3, 0.4) is 0 Å². The quantitative estimate of drug-likeness (QED) is 0.578. The molecule has 1 rings (SSSR count). The van der Waals surface area contributed by atoms with Crippen molar-refractivity contribution in [3.63, 3.8) is 0 Å². The van der Waals surface area contributed by atoms with Crippen LogP contribution in [0.25, 0.3) is 0 Å². The van der Waals surface area contributed by atoms with Crippen molar-refractivity contribution in [2.75, 3.05) is 7.11 Å². The molecule has 0 heterocycles. The highest BCUT2D eigenvalue weighted by Gasteiger charge is 2.70. The molecule has 1 saturated carbocycles. The van der Waals surface area contributed by atoms with Gasteiger partial charge in [-0.25, -0.2) is 4.39 Å². The number of methoxy groups -OCH3 is 1. The number of carboxylic acid groups (broad SMARTS) is 1. The van der Waals surface area contributed by atoms with Gasteiger partial charge in [0.05, 0.1) is 20.0 Å². The molecule has 80 valence electrons. The maximum Gasteiger partial charge on any atom is 0.306 e. The Morgan fingerprint density at radius 1 is 1.57 bits per heavy atom. The Bertz CT molecular complexity index is 279. The van der Waals surface area contributed by atoms with E-state index in [2.05, 4.69) is 4.74 Å². The maximum absolute atomic E-state index is 13.3. The molecule has 1 fully saturated rings. The summed E-state index contributed by atoms with van der Waals surface area (Å²) in [4.78, 5) is 21.3. The van der Waals surface area contributed by atoms with E-state index in [-0.39, 0.29) is 12.8 Å². The molecule has 1 aliphatic carbocycles. The van der Waals surface area contributed by atoms with Crippen molar-refractivity contribution in [3.8, 4) is 0 Å². The Morgan fingerprint density at radius 3 is 2.36 bits per heavy atom. The average molecular weight is 225 g/mol. The summed E-state index contributed by atoms with van der Waals surface area (Å²) >= 11 is 5.37. The topological polar surface area (TPSA) is 63.6 Å². The summed E-state index contributed by atoms with van der Waals surface area (Å²) < 4.78 is 17.6. The number of rotatable bonds is 4. The Labute approximate surface area is 85.0 Å². The Balaban J connectivity index is 2.67. The minimum atomic E-state index is -2.08. The van der Waals surface area contributed by atoms with Crippen LogP contribution in [0.5, 0.6) is 0 Å². The second kappa shape index (κ2) is 3.38. The molecule has 0 bridgehead atoms. The molecular formula is C8H10ClFO4. The lowest BCUT2D eigenvalue weighted by molar-refractivity contribution is -0.144. The molecule has 0 saturated heterocycles. The van der Waals surface area contributed by atoms with Gasteiger partial charge in [-0.2, -0.15) is 0 Å². The molecule has 0 amide bonds. The monoisotopic (exact) mass is 224 g/mol. The molecule has 1 aliphatic rings. The molecule has 6 heteroatoms. The van der Waals surface area contributed by atoms with Gasteiger partial charge < -0.3 is 9.84 Å². The van der Waals surface area contributed by atoms with Crippen LogP contribution in [-0.2, 0) is 14.3 Å².